The molecular formula is C17H21FN4O. The third-order valence-corrected chi connectivity index (χ3v) is 4.47. The van der Waals surface area contributed by atoms with Gasteiger partial charge in [-0.2, -0.15) is 4.98 Å². The zero-order valence-electron chi connectivity index (χ0n) is 13.0. The Bertz CT molecular complexity index is 681. The maximum Gasteiger partial charge on any atom is 0.227 e. The van der Waals surface area contributed by atoms with E-state index in [0.717, 1.165) is 19.4 Å². The number of anilines is 2. The average molecular weight is 316 g/mol. The molecule has 3 rings (SSSR count). The first-order valence-electron chi connectivity index (χ1n) is 7.80. The van der Waals surface area contributed by atoms with Crippen LogP contribution in [0.3, 0.4) is 0 Å². The number of nitrogens with two attached hydrogens (primary N) is 1. The molecule has 0 amide bonds. The topological polar surface area (TPSA) is 75.3 Å². The number of piperidine rings is 1. The molecule has 0 radical (unpaired) electrons. The van der Waals surface area contributed by atoms with Crippen LogP contribution < -0.4 is 10.6 Å². The minimum absolute atomic E-state index is 0.000149. The first-order valence-corrected chi connectivity index (χ1v) is 7.80. The number of halogens is 1. The van der Waals surface area contributed by atoms with Crippen molar-refractivity contribution >= 4 is 11.8 Å². The first kappa shape index (κ1) is 15.7. The predicted octanol–water partition coefficient (Wildman–Crippen LogP) is 2.02. The molecule has 1 aromatic carbocycles. The van der Waals surface area contributed by atoms with E-state index in [2.05, 4.69) is 9.97 Å². The Morgan fingerprint density at radius 3 is 2.87 bits per heavy atom. The van der Waals surface area contributed by atoms with E-state index in [-0.39, 0.29) is 12.4 Å². The van der Waals surface area contributed by atoms with E-state index in [1.54, 1.807) is 24.4 Å². The van der Waals surface area contributed by atoms with Crippen molar-refractivity contribution in [3.63, 3.8) is 0 Å². The van der Waals surface area contributed by atoms with Crippen molar-refractivity contribution in [2.45, 2.75) is 19.3 Å². The van der Waals surface area contributed by atoms with E-state index in [1.807, 2.05) is 11.0 Å². The average Bonchev–Trinajstić information content (AvgIpc) is 2.57. The van der Waals surface area contributed by atoms with Crippen LogP contribution in [0.25, 0.3) is 0 Å². The number of rotatable bonds is 4. The van der Waals surface area contributed by atoms with Gasteiger partial charge in [0.15, 0.2) is 0 Å². The summed E-state index contributed by atoms with van der Waals surface area (Å²) in [5.41, 5.74) is 5.97. The van der Waals surface area contributed by atoms with Crippen LogP contribution in [0.4, 0.5) is 16.2 Å². The Kier molecular flexibility index (Phi) is 4.43. The monoisotopic (exact) mass is 316 g/mol. The molecule has 6 heteroatoms. The minimum Gasteiger partial charge on any atom is -0.396 e. The van der Waals surface area contributed by atoms with E-state index in [4.69, 9.17) is 5.73 Å². The number of nitrogens with zero attached hydrogens (tertiary/aromatic N) is 3. The number of aliphatic hydroxyl groups excluding tert-OH is 1. The smallest absolute Gasteiger partial charge is 0.227 e. The molecule has 1 fully saturated rings. The second-order valence-corrected chi connectivity index (χ2v) is 6.23. The third-order valence-electron chi connectivity index (χ3n) is 4.47. The Morgan fingerprint density at radius 2 is 2.13 bits per heavy atom. The quantitative estimate of drug-likeness (QED) is 0.902. The van der Waals surface area contributed by atoms with Crippen LogP contribution >= 0.6 is 0 Å². The molecule has 3 N–H and O–H groups in total. The maximum absolute atomic E-state index is 14.0. The second kappa shape index (κ2) is 6.50. The third kappa shape index (κ3) is 3.42. The molecule has 0 unspecified atom stereocenters. The van der Waals surface area contributed by atoms with Crippen molar-refractivity contribution < 1.29 is 9.50 Å². The van der Waals surface area contributed by atoms with Crippen molar-refractivity contribution in [1.29, 1.82) is 0 Å². The van der Waals surface area contributed by atoms with Gasteiger partial charge in [0.25, 0.3) is 0 Å². The number of hydrogen-bond acceptors (Lipinski definition) is 5. The lowest BCUT2D eigenvalue weighted by atomic mass is 9.75. The minimum atomic E-state index is -0.394. The highest BCUT2D eigenvalue weighted by atomic mass is 19.1. The van der Waals surface area contributed by atoms with E-state index in [0.29, 0.717) is 30.3 Å². The molecule has 1 aliphatic rings. The highest BCUT2D eigenvalue weighted by Crippen LogP contribution is 2.35. The molecule has 0 spiro atoms. The molecule has 122 valence electrons. The zero-order valence-corrected chi connectivity index (χ0v) is 13.0. The molecular weight excluding hydrogens is 295 g/mol. The molecule has 23 heavy (non-hydrogen) atoms. The fourth-order valence-corrected chi connectivity index (χ4v) is 3.27. The lowest BCUT2D eigenvalue weighted by Gasteiger charge is -2.42. The number of aliphatic hydroxyl groups is 1. The van der Waals surface area contributed by atoms with E-state index in [9.17, 15) is 9.50 Å². The molecule has 0 bridgehead atoms. The van der Waals surface area contributed by atoms with Crippen LogP contribution in [0.1, 0.15) is 18.4 Å². The Hall–Kier alpha value is -2.21. The standard InChI is InChI=1S/C17H21FN4O/c18-14-5-2-1-4-13(14)10-17(12-23)7-3-9-22(11-17)16-20-8-6-15(19)21-16/h1-2,4-6,8,23H,3,7,9-12H2,(H2,19,20,21)/t17-/m1/s1. The Balaban J connectivity index is 1.83. The van der Waals surface area contributed by atoms with E-state index < -0.39 is 5.41 Å². The Morgan fingerprint density at radius 1 is 1.30 bits per heavy atom. The normalized spacial score (nSPS) is 21.4. The van der Waals surface area contributed by atoms with Crippen LogP contribution in [0, 0.1) is 11.2 Å². The summed E-state index contributed by atoms with van der Waals surface area (Å²) in [6.07, 6.45) is 3.86. The van der Waals surface area contributed by atoms with E-state index in [1.165, 1.54) is 6.07 Å². The van der Waals surface area contributed by atoms with Crippen LogP contribution in [0.2, 0.25) is 0 Å². The lowest BCUT2D eigenvalue weighted by molar-refractivity contribution is 0.104. The first-order chi connectivity index (χ1) is 11.1. The molecule has 1 atom stereocenters. The zero-order chi connectivity index (χ0) is 16.3. The maximum atomic E-state index is 14.0. The van der Waals surface area contributed by atoms with Gasteiger partial charge in [-0.3, -0.25) is 0 Å². The summed E-state index contributed by atoms with van der Waals surface area (Å²) in [6, 6.07) is 8.39. The van der Waals surface area contributed by atoms with Crippen LogP contribution in [-0.2, 0) is 6.42 Å². The summed E-state index contributed by atoms with van der Waals surface area (Å²) >= 11 is 0. The predicted molar refractivity (Wildman–Crippen MR) is 87.5 cm³/mol. The Labute approximate surface area is 135 Å². The van der Waals surface area contributed by atoms with Crippen molar-refractivity contribution in [2.75, 3.05) is 30.3 Å². The molecule has 0 saturated carbocycles. The molecule has 2 aromatic rings. The fraction of sp³-hybridized carbons (Fsp3) is 0.412. The lowest BCUT2D eigenvalue weighted by Crippen LogP contribution is -2.47. The van der Waals surface area contributed by atoms with Gasteiger partial charge < -0.3 is 15.7 Å². The fourth-order valence-electron chi connectivity index (χ4n) is 3.27. The number of hydrogen-bond donors (Lipinski definition) is 2. The van der Waals surface area contributed by atoms with Gasteiger partial charge in [0, 0.05) is 24.7 Å². The molecule has 1 aromatic heterocycles. The summed E-state index contributed by atoms with van der Waals surface area (Å²) < 4.78 is 14.0. The highest BCUT2D eigenvalue weighted by Gasteiger charge is 2.36. The van der Waals surface area contributed by atoms with Gasteiger partial charge in [-0.25, -0.2) is 9.37 Å². The summed E-state index contributed by atoms with van der Waals surface area (Å²) in [7, 11) is 0. The summed E-state index contributed by atoms with van der Waals surface area (Å²) in [5.74, 6) is 0.762. The van der Waals surface area contributed by atoms with Gasteiger partial charge in [0.1, 0.15) is 11.6 Å². The molecule has 1 aliphatic heterocycles. The van der Waals surface area contributed by atoms with Crippen molar-refractivity contribution in [3.8, 4) is 0 Å². The SMILES string of the molecule is Nc1ccnc(N2CCC[C@@](CO)(Cc3ccccc3F)C2)n1. The van der Waals surface area contributed by atoms with Crippen LogP contribution in [0.5, 0.6) is 0 Å². The summed E-state index contributed by atoms with van der Waals surface area (Å²) in [6.45, 7) is 1.39. The second-order valence-electron chi connectivity index (χ2n) is 6.23. The van der Waals surface area contributed by atoms with Crippen molar-refractivity contribution in [3.05, 3.63) is 47.9 Å². The van der Waals surface area contributed by atoms with Gasteiger partial charge in [0.2, 0.25) is 5.95 Å². The molecule has 0 aliphatic carbocycles. The molecule has 1 saturated heterocycles. The van der Waals surface area contributed by atoms with Crippen LogP contribution in [-0.4, -0.2) is 34.8 Å². The van der Waals surface area contributed by atoms with Gasteiger partial charge in [-0.05, 0) is 37.0 Å². The van der Waals surface area contributed by atoms with Gasteiger partial charge in [0.05, 0.1) is 6.61 Å². The van der Waals surface area contributed by atoms with Crippen LogP contribution in [0.15, 0.2) is 36.5 Å². The number of benzene rings is 1. The van der Waals surface area contributed by atoms with E-state index >= 15 is 0 Å². The van der Waals surface area contributed by atoms with Crippen molar-refractivity contribution in [2.24, 2.45) is 5.41 Å². The summed E-state index contributed by atoms with van der Waals surface area (Å²) in [4.78, 5) is 10.5. The summed E-state index contributed by atoms with van der Waals surface area (Å²) in [5, 5.41) is 10.00. The van der Waals surface area contributed by atoms with Gasteiger partial charge >= 0.3 is 0 Å². The number of nitrogen functional groups attached to an aromatic ring is 1. The van der Waals surface area contributed by atoms with Gasteiger partial charge in [-0.1, -0.05) is 18.2 Å². The van der Waals surface area contributed by atoms with Gasteiger partial charge in [-0.15, -0.1) is 0 Å². The molecule has 5 nitrogen and oxygen atoms in total. The largest absolute Gasteiger partial charge is 0.396 e. The van der Waals surface area contributed by atoms with Crippen molar-refractivity contribution in [1.82, 2.24) is 9.97 Å². The number of aromatic nitrogens is 2. The highest BCUT2D eigenvalue weighted by molar-refractivity contribution is 5.38. The molecule has 2 heterocycles.